The van der Waals surface area contributed by atoms with Crippen LogP contribution in [-0.2, 0) is 0 Å². The maximum atomic E-state index is 12.7. The molecule has 3 aromatic rings. The van der Waals surface area contributed by atoms with Gasteiger partial charge in [-0.1, -0.05) is 36.8 Å². The van der Waals surface area contributed by atoms with Crippen LogP contribution >= 0.6 is 0 Å². The lowest BCUT2D eigenvalue weighted by atomic mass is 10.0. The van der Waals surface area contributed by atoms with E-state index in [0.29, 0.717) is 12.1 Å². The Hall–Kier alpha value is -2.99. The Bertz CT molecular complexity index is 871. The first-order valence-electron chi connectivity index (χ1n) is 9.83. The van der Waals surface area contributed by atoms with Gasteiger partial charge in [0.2, 0.25) is 0 Å². The number of benzene rings is 2. The molecule has 2 aromatic carbocycles. The number of carbonyl (C=O) groups is 1. The summed E-state index contributed by atoms with van der Waals surface area (Å²) < 4.78 is 1.81. The van der Waals surface area contributed by atoms with Crippen molar-refractivity contribution in [2.24, 2.45) is 0 Å². The van der Waals surface area contributed by atoms with E-state index in [1.165, 1.54) is 24.8 Å². The molecular formula is C22H25N5O. The molecule has 1 saturated heterocycles. The fraction of sp³-hybridized carbons (Fsp3) is 0.318. The van der Waals surface area contributed by atoms with Crippen molar-refractivity contribution in [1.82, 2.24) is 25.0 Å². The van der Waals surface area contributed by atoms with Gasteiger partial charge in [0.15, 0.2) is 0 Å². The molecule has 1 amide bonds. The summed E-state index contributed by atoms with van der Waals surface area (Å²) in [5, 5.41) is 10.8. The van der Waals surface area contributed by atoms with Crippen LogP contribution in [0.5, 0.6) is 0 Å². The van der Waals surface area contributed by atoms with Crippen molar-refractivity contribution in [3.05, 3.63) is 78.4 Å². The van der Waals surface area contributed by atoms with Gasteiger partial charge >= 0.3 is 0 Å². The lowest BCUT2D eigenvalue weighted by molar-refractivity contribution is 0.0924. The zero-order chi connectivity index (χ0) is 19.2. The van der Waals surface area contributed by atoms with Crippen molar-refractivity contribution < 1.29 is 4.79 Å². The van der Waals surface area contributed by atoms with Crippen LogP contribution in [0.3, 0.4) is 0 Å². The Labute approximate surface area is 165 Å². The van der Waals surface area contributed by atoms with E-state index in [-0.39, 0.29) is 11.9 Å². The molecule has 0 aliphatic carbocycles. The summed E-state index contributed by atoms with van der Waals surface area (Å²) in [7, 11) is 0. The zero-order valence-electron chi connectivity index (χ0n) is 15.9. The summed E-state index contributed by atoms with van der Waals surface area (Å²) in [5.41, 5.74) is 2.84. The molecule has 1 aromatic heterocycles. The third kappa shape index (κ3) is 4.28. The van der Waals surface area contributed by atoms with E-state index in [9.17, 15) is 4.79 Å². The molecular weight excluding hydrogens is 350 g/mol. The fourth-order valence-electron chi connectivity index (χ4n) is 3.77. The van der Waals surface area contributed by atoms with Crippen LogP contribution < -0.4 is 5.32 Å². The Morgan fingerprint density at radius 2 is 1.61 bits per heavy atom. The van der Waals surface area contributed by atoms with Crippen molar-refractivity contribution in [1.29, 1.82) is 0 Å². The predicted octanol–water partition coefficient (Wildman–Crippen LogP) is 3.22. The van der Waals surface area contributed by atoms with Crippen LogP contribution in [0.25, 0.3) is 5.69 Å². The van der Waals surface area contributed by atoms with Gasteiger partial charge < -0.3 is 5.32 Å². The van der Waals surface area contributed by atoms with Crippen molar-refractivity contribution in [2.45, 2.75) is 25.3 Å². The molecule has 1 aliphatic heterocycles. The molecule has 144 valence electrons. The Balaban J connectivity index is 1.43. The Kier molecular flexibility index (Phi) is 5.77. The smallest absolute Gasteiger partial charge is 0.251 e. The van der Waals surface area contributed by atoms with E-state index in [4.69, 9.17) is 0 Å². The highest BCUT2D eigenvalue weighted by atomic mass is 16.1. The van der Waals surface area contributed by atoms with Gasteiger partial charge in [0.1, 0.15) is 12.7 Å². The monoisotopic (exact) mass is 375 g/mol. The second kappa shape index (κ2) is 8.80. The van der Waals surface area contributed by atoms with Crippen molar-refractivity contribution in [3.8, 4) is 5.69 Å². The SMILES string of the molecule is O=C(NCC(c1ccccc1)N1CCCCC1)c1ccc(-n2cnnc2)cc1. The van der Waals surface area contributed by atoms with Gasteiger partial charge in [0, 0.05) is 17.8 Å². The number of hydrogen-bond donors (Lipinski definition) is 1. The van der Waals surface area contributed by atoms with Gasteiger partial charge in [-0.15, -0.1) is 10.2 Å². The number of carbonyl (C=O) groups excluding carboxylic acids is 1. The molecule has 2 heterocycles. The second-order valence-corrected chi connectivity index (χ2v) is 7.15. The van der Waals surface area contributed by atoms with E-state index < -0.39 is 0 Å². The van der Waals surface area contributed by atoms with Gasteiger partial charge in [0.05, 0.1) is 6.04 Å². The fourth-order valence-corrected chi connectivity index (χ4v) is 3.77. The lowest BCUT2D eigenvalue weighted by Gasteiger charge is -2.35. The number of piperidine rings is 1. The van der Waals surface area contributed by atoms with Gasteiger partial charge in [-0.05, 0) is 55.8 Å². The molecule has 1 fully saturated rings. The first kappa shape index (κ1) is 18.4. The molecule has 0 spiro atoms. The molecule has 6 heteroatoms. The predicted molar refractivity (Wildman–Crippen MR) is 108 cm³/mol. The third-order valence-corrected chi connectivity index (χ3v) is 5.32. The minimum absolute atomic E-state index is 0.0479. The van der Waals surface area contributed by atoms with Gasteiger partial charge in [-0.3, -0.25) is 14.3 Å². The van der Waals surface area contributed by atoms with Crippen LogP contribution in [0.2, 0.25) is 0 Å². The molecule has 1 atom stereocenters. The molecule has 6 nitrogen and oxygen atoms in total. The second-order valence-electron chi connectivity index (χ2n) is 7.15. The standard InChI is InChI=1S/C22H25N5O/c28-22(19-9-11-20(12-10-19)27-16-24-25-17-27)23-15-21(18-7-3-1-4-8-18)26-13-5-2-6-14-26/h1,3-4,7-12,16-17,21H,2,5-6,13-15H2,(H,23,28). The molecule has 1 unspecified atom stereocenters. The van der Waals surface area contributed by atoms with Crippen LogP contribution in [0.4, 0.5) is 0 Å². The normalized spacial score (nSPS) is 15.9. The minimum Gasteiger partial charge on any atom is -0.350 e. The van der Waals surface area contributed by atoms with Crippen LogP contribution in [0.15, 0.2) is 67.3 Å². The number of nitrogens with zero attached hydrogens (tertiary/aromatic N) is 4. The molecule has 28 heavy (non-hydrogen) atoms. The quantitative estimate of drug-likeness (QED) is 0.719. The van der Waals surface area contributed by atoms with Gasteiger partial charge in [-0.2, -0.15) is 0 Å². The topological polar surface area (TPSA) is 63.1 Å². The largest absolute Gasteiger partial charge is 0.350 e. The summed E-state index contributed by atoms with van der Waals surface area (Å²) >= 11 is 0. The molecule has 0 saturated carbocycles. The average molecular weight is 375 g/mol. The maximum absolute atomic E-state index is 12.7. The first-order valence-corrected chi connectivity index (χ1v) is 9.83. The summed E-state index contributed by atoms with van der Waals surface area (Å²) in [6, 6.07) is 18.2. The Morgan fingerprint density at radius 3 is 2.29 bits per heavy atom. The molecule has 1 N–H and O–H groups in total. The van der Waals surface area contributed by atoms with Gasteiger partial charge in [-0.25, -0.2) is 0 Å². The summed E-state index contributed by atoms with van der Waals surface area (Å²) in [6.07, 6.45) is 7.02. The van der Waals surface area contributed by atoms with E-state index in [1.807, 2.05) is 34.9 Å². The van der Waals surface area contributed by atoms with E-state index >= 15 is 0 Å². The number of rotatable bonds is 6. The highest BCUT2D eigenvalue weighted by molar-refractivity contribution is 5.94. The van der Waals surface area contributed by atoms with Crippen LogP contribution in [-0.4, -0.2) is 45.2 Å². The zero-order valence-corrected chi connectivity index (χ0v) is 15.9. The molecule has 0 radical (unpaired) electrons. The number of nitrogens with one attached hydrogen (secondary N) is 1. The molecule has 1 aliphatic rings. The molecule has 0 bridgehead atoms. The van der Waals surface area contributed by atoms with Crippen molar-refractivity contribution in [3.63, 3.8) is 0 Å². The number of hydrogen-bond acceptors (Lipinski definition) is 4. The number of aromatic nitrogens is 3. The number of amides is 1. The van der Waals surface area contributed by atoms with E-state index in [1.54, 1.807) is 12.7 Å². The number of likely N-dealkylation sites (tertiary alicyclic amines) is 1. The van der Waals surface area contributed by atoms with Crippen LogP contribution in [0.1, 0.15) is 41.2 Å². The summed E-state index contributed by atoms with van der Waals surface area (Å²) in [5.74, 6) is -0.0479. The minimum atomic E-state index is -0.0479. The van der Waals surface area contributed by atoms with Crippen LogP contribution in [0, 0.1) is 0 Å². The van der Waals surface area contributed by atoms with Gasteiger partial charge in [0.25, 0.3) is 5.91 Å². The van der Waals surface area contributed by atoms with E-state index in [2.05, 4.69) is 44.7 Å². The first-order chi connectivity index (χ1) is 13.8. The van der Waals surface area contributed by atoms with E-state index in [0.717, 1.165) is 18.8 Å². The maximum Gasteiger partial charge on any atom is 0.251 e. The average Bonchev–Trinajstić information content (AvgIpc) is 3.30. The van der Waals surface area contributed by atoms with Crippen molar-refractivity contribution in [2.75, 3.05) is 19.6 Å². The molecule has 4 rings (SSSR count). The summed E-state index contributed by atoms with van der Waals surface area (Å²) in [6.45, 7) is 2.78. The summed E-state index contributed by atoms with van der Waals surface area (Å²) in [4.78, 5) is 15.2. The third-order valence-electron chi connectivity index (χ3n) is 5.32. The highest BCUT2D eigenvalue weighted by Crippen LogP contribution is 2.24. The Morgan fingerprint density at radius 1 is 0.929 bits per heavy atom. The van der Waals surface area contributed by atoms with Crippen molar-refractivity contribution >= 4 is 5.91 Å². The lowest BCUT2D eigenvalue weighted by Crippen LogP contribution is -2.40. The highest BCUT2D eigenvalue weighted by Gasteiger charge is 2.22.